The van der Waals surface area contributed by atoms with Crippen molar-refractivity contribution in [1.29, 1.82) is 0 Å². The van der Waals surface area contributed by atoms with E-state index in [0.29, 0.717) is 17.8 Å². The normalized spacial score (nSPS) is 11.3. The summed E-state index contributed by atoms with van der Waals surface area (Å²) in [4.78, 5) is 11.6. The first-order valence-electron chi connectivity index (χ1n) is 8.48. The zero-order valence-corrected chi connectivity index (χ0v) is 15.1. The number of rotatable bonds is 6. The Bertz CT molecular complexity index is 616. The van der Waals surface area contributed by atoms with E-state index in [-0.39, 0.29) is 0 Å². The maximum Gasteiger partial charge on any atom is 0.185 e. The van der Waals surface area contributed by atoms with Crippen LogP contribution in [0.25, 0.3) is 0 Å². The molecule has 0 aliphatic rings. The van der Waals surface area contributed by atoms with Crippen molar-refractivity contribution in [2.75, 3.05) is 0 Å². The molecule has 0 atom stereocenters. The Labute approximate surface area is 140 Å². The number of para-hydroxylation sites is 2. The van der Waals surface area contributed by atoms with Gasteiger partial charge in [0, 0.05) is 16.7 Å². The maximum absolute atomic E-state index is 5.87. The van der Waals surface area contributed by atoms with Gasteiger partial charge < -0.3 is 0 Å². The van der Waals surface area contributed by atoms with Crippen LogP contribution in [0.15, 0.2) is 42.5 Å². The average Bonchev–Trinajstić information content (AvgIpc) is 2.52. The second kappa shape index (κ2) is 7.54. The fourth-order valence-electron chi connectivity index (χ4n) is 2.70. The quantitative estimate of drug-likeness (QED) is 0.452. The largest absolute Gasteiger partial charge is 0.290 e. The molecule has 124 valence electrons. The van der Waals surface area contributed by atoms with Gasteiger partial charge in [0.1, 0.15) is 0 Å². The molecule has 2 heteroatoms. The molecule has 0 saturated heterocycles. The molecule has 0 radical (unpaired) electrons. The minimum atomic E-state index is 0.382. The van der Waals surface area contributed by atoms with Gasteiger partial charge in [0.25, 0.3) is 0 Å². The molecule has 0 aliphatic carbocycles. The zero-order valence-electron chi connectivity index (χ0n) is 15.1. The van der Waals surface area contributed by atoms with Crippen LogP contribution in [0, 0.1) is 0 Å². The Morgan fingerprint density at radius 1 is 0.565 bits per heavy atom. The van der Waals surface area contributed by atoms with Crippen LogP contribution in [0.3, 0.4) is 0 Å². The highest BCUT2D eigenvalue weighted by molar-refractivity contribution is 5.45. The lowest BCUT2D eigenvalue weighted by Crippen LogP contribution is -2.09. The molecule has 2 nitrogen and oxygen atoms in total. The van der Waals surface area contributed by atoms with Crippen molar-refractivity contribution in [2.24, 2.45) is 0 Å². The van der Waals surface area contributed by atoms with Crippen LogP contribution >= 0.6 is 0 Å². The van der Waals surface area contributed by atoms with Gasteiger partial charge in [-0.05, 0) is 23.8 Å². The lowest BCUT2D eigenvalue weighted by molar-refractivity contribution is -0.103. The summed E-state index contributed by atoms with van der Waals surface area (Å²) in [7, 11) is 0. The minimum absolute atomic E-state index is 0.382. The fraction of sp³-hybridized carbons (Fsp3) is 0.429. The van der Waals surface area contributed by atoms with Gasteiger partial charge in [-0.3, -0.25) is 9.78 Å². The lowest BCUT2D eigenvalue weighted by atomic mass is 9.94. The van der Waals surface area contributed by atoms with E-state index in [4.69, 9.17) is 9.78 Å². The minimum Gasteiger partial charge on any atom is -0.290 e. The Hall–Kier alpha value is -1.96. The number of hydrogen-bond donors (Lipinski definition) is 0. The van der Waals surface area contributed by atoms with Gasteiger partial charge in [-0.1, -0.05) is 77.9 Å². The van der Waals surface area contributed by atoms with Gasteiger partial charge in [0.2, 0.25) is 0 Å². The molecule has 2 aromatic rings. The summed E-state index contributed by atoms with van der Waals surface area (Å²) >= 11 is 0. The van der Waals surface area contributed by atoms with Crippen molar-refractivity contribution in [3.05, 3.63) is 59.2 Å². The molecule has 0 unspecified atom stereocenters. The van der Waals surface area contributed by atoms with Crippen LogP contribution in [-0.2, 0) is 0 Å². The molecule has 0 amide bonds. The van der Waals surface area contributed by atoms with Crippen molar-refractivity contribution >= 4 is 0 Å². The van der Waals surface area contributed by atoms with Crippen molar-refractivity contribution < 1.29 is 9.78 Å². The highest BCUT2D eigenvalue weighted by Gasteiger charge is 2.17. The van der Waals surface area contributed by atoms with Crippen molar-refractivity contribution in [3.63, 3.8) is 0 Å². The average molecular weight is 312 g/mol. The van der Waals surface area contributed by atoms with E-state index in [1.165, 1.54) is 11.1 Å². The predicted molar refractivity (Wildman–Crippen MR) is 96.4 cm³/mol. The summed E-state index contributed by atoms with van der Waals surface area (Å²) in [5, 5.41) is 0. The van der Waals surface area contributed by atoms with Crippen LogP contribution in [0.5, 0.6) is 11.5 Å². The molecule has 23 heavy (non-hydrogen) atoms. The SMILES string of the molecule is CC(C)c1ccccc1OOc1c(C(C)C)cccc1C(C)C. The van der Waals surface area contributed by atoms with E-state index in [1.54, 1.807) is 0 Å². The summed E-state index contributed by atoms with van der Waals surface area (Å²) in [6, 6.07) is 14.4. The Kier molecular flexibility index (Phi) is 5.70. The summed E-state index contributed by atoms with van der Waals surface area (Å²) in [6.45, 7) is 13.0. The van der Waals surface area contributed by atoms with E-state index in [0.717, 1.165) is 17.1 Å². The molecule has 0 N–H and O–H groups in total. The summed E-state index contributed by atoms with van der Waals surface area (Å²) in [5.74, 6) is 2.80. The molecule has 0 heterocycles. The van der Waals surface area contributed by atoms with Crippen LogP contribution in [0.1, 0.15) is 76.0 Å². The van der Waals surface area contributed by atoms with Crippen molar-refractivity contribution in [1.82, 2.24) is 0 Å². The smallest absolute Gasteiger partial charge is 0.185 e. The third kappa shape index (κ3) is 4.07. The second-order valence-corrected chi connectivity index (χ2v) is 6.93. The number of hydrogen-bond acceptors (Lipinski definition) is 2. The van der Waals surface area contributed by atoms with Gasteiger partial charge >= 0.3 is 0 Å². The Morgan fingerprint density at radius 2 is 1.04 bits per heavy atom. The maximum atomic E-state index is 5.87. The molecule has 0 fully saturated rings. The van der Waals surface area contributed by atoms with Crippen LogP contribution in [0.4, 0.5) is 0 Å². The van der Waals surface area contributed by atoms with Gasteiger partial charge in [-0.25, -0.2) is 0 Å². The van der Waals surface area contributed by atoms with E-state index >= 15 is 0 Å². The van der Waals surface area contributed by atoms with Crippen molar-refractivity contribution in [2.45, 2.75) is 59.3 Å². The van der Waals surface area contributed by atoms with Gasteiger partial charge in [0.05, 0.1) is 0 Å². The molecule has 0 bridgehead atoms. The van der Waals surface area contributed by atoms with E-state index in [9.17, 15) is 0 Å². The Balaban J connectivity index is 2.34. The van der Waals surface area contributed by atoms with E-state index in [1.807, 2.05) is 18.2 Å². The van der Waals surface area contributed by atoms with Gasteiger partial charge in [0.15, 0.2) is 11.5 Å². The van der Waals surface area contributed by atoms with Gasteiger partial charge in [-0.15, -0.1) is 0 Å². The molecule has 0 aliphatic heterocycles. The summed E-state index contributed by atoms with van der Waals surface area (Å²) in [5.41, 5.74) is 3.51. The van der Waals surface area contributed by atoms with E-state index < -0.39 is 0 Å². The molecule has 2 rings (SSSR count). The topological polar surface area (TPSA) is 18.5 Å². The first-order chi connectivity index (χ1) is 10.9. The van der Waals surface area contributed by atoms with Gasteiger partial charge in [-0.2, -0.15) is 0 Å². The third-order valence-electron chi connectivity index (χ3n) is 4.08. The number of benzene rings is 2. The zero-order chi connectivity index (χ0) is 17.0. The summed E-state index contributed by atoms with van der Waals surface area (Å²) in [6.07, 6.45) is 0. The molecular weight excluding hydrogens is 284 g/mol. The summed E-state index contributed by atoms with van der Waals surface area (Å²) < 4.78 is 0. The molecule has 0 spiro atoms. The predicted octanol–water partition coefficient (Wildman–Crippen LogP) is 6.43. The highest BCUT2D eigenvalue weighted by Crippen LogP contribution is 2.35. The molecule has 2 aromatic carbocycles. The third-order valence-corrected chi connectivity index (χ3v) is 4.08. The lowest BCUT2D eigenvalue weighted by Gasteiger charge is -2.19. The molecule has 0 saturated carbocycles. The second-order valence-electron chi connectivity index (χ2n) is 6.93. The molecular formula is C21H28O2. The Morgan fingerprint density at radius 3 is 1.57 bits per heavy atom. The standard InChI is InChI=1S/C21H28O2/c1-14(2)17-10-7-8-13-20(17)22-23-21-18(15(3)4)11-9-12-19(21)16(5)6/h7-16H,1-6H3. The van der Waals surface area contributed by atoms with Crippen LogP contribution in [0.2, 0.25) is 0 Å². The van der Waals surface area contributed by atoms with Crippen LogP contribution in [-0.4, -0.2) is 0 Å². The highest BCUT2D eigenvalue weighted by atomic mass is 17.2. The first-order valence-corrected chi connectivity index (χ1v) is 8.48. The van der Waals surface area contributed by atoms with Crippen LogP contribution < -0.4 is 9.78 Å². The fourth-order valence-corrected chi connectivity index (χ4v) is 2.70. The monoisotopic (exact) mass is 312 g/mol. The van der Waals surface area contributed by atoms with Crippen molar-refractivity contribution in [3.8, 4) is 11.5 Å². The first kappa shape index (κ1) is 17.4. The molecule has 0 aromatic heterocycles. The van der Waals surface area contributed by atoms with E-state index in [2.05, 4.69) is 65.8 Å².